The van der Waals surface area contributed by atoms with Crippen LogP contribution >= 0.6 is 11.8 Å². The Labute approximate surface area is 180 Å². The number of hydrogen-bond acceptors (Lipinski definition) is 7. The number of amides is 2. The van der Waals surface area contributed by atoms with Crippen molar-refractivity contribution in [1.29, 1.82) is 0 Å². The van der Waals surface area contributed by atoms with E-state index in [1.165, 1.54) is 18.9 Å². The molecule has 9 nitrogen and oxygen atoms in total. The number of para-hydroxylation sites is 2. The molecule has 0 aromatic heterocycles. The van der Waals surface area contributed by atoms with E-state index in [0.717, 1.165) is 0 Å². The van der Waals surface area contributed by atoms with Gasteiger partial charge in [-0.2, -0.15) is 4.99 Å². The predicted molar refractivity (Wildman–Crippen MR) is 116 cm³/mol. The molecule has 0 aliphatic carbocycles. The van der Waals surface area contributed by atoms with Gasteiger partial charge in [0.1, 0.15) is 17.9 Å². The normalized spacial score (nSPS) is 23.9. The van der Waals surface area contributed by atoms with Gasteiger partial charge in [-0.3, -0.25) is 4.79 Å². The van der Waals surface area contributed by atoms with E-state index in [9.17, 15) is 18.0 Å². The molecule has 0 saturated carbocycles. The van der Waals surface area contributed by atoms with E-state index in [2.05, 4.69) is 10.3 Å². The number of carbonyl (C=O) groups is 2. The number of nitrogens with zero attached hydrogens (tertiary/aromatic N) is 2. The maximum atomic E-state index is 12.4. The maximum absolute atomic E-state index is 12.4. The van der Waals surface area contributed by atoms with Crippen molar-refractivity contribution in [2.75, 3.05) is 30.1 Å². The molecule has 0 radical (unpaired) electrons. The number of ether oxygens (including phenoxy) is 2. The van der Waals surface area contributed by atoms with E-state index in [0.29, 0.717) is 16.6 Å². The van der Waals surface area contributed by atoms with Gasteiger partial charge in [-0.1, -0.05) is 23.9 Å². The van der Waals surface area contributed by atoms with Crippen LogP contribution < -0.4 is 15.0 Å². The van der Waals surface area contributed by atoms with Crippen LogP contribution in [0.15, 0.2) is 29.3 Å². The van der Waals surface area contributed by atoms with Crippen molar-refractivity contribution < 1.29 is 27.5 Å². The van der Waals surface area contributed by atoms with E-state index in [1.807, 2.05) is 6.07 Å². The number of nitrogens with one attached hydrogen (secondary N) is 1. The highest BCUT2D eigenvalue weighted by Gasteiger charge is 2.50. The summed E-state index contributed by atoms with van der Waals surface area (Å²) < 4.78 is 34.8. The summed E-state index contributed by atoms with van der Waals surface area (Å²) in [6.07, 6.45) is -0.709. The average molecular weight is 456 g/mol. The quantitative estimate of drug-likeness (QED) is 0.731. The Morgan fingerprint density at radius 1 is 1.27 bits per heavy atom. The molecule has 1 N–H and O–H groups in total. The number of rotatable bonds is 4. The SMILES string of the molecule is COc1ccccc1N1C(=NC(=O)CNC(=O)OC(C)(C)C)S[C@H]2CS(=O)(=O)C[C@@H]21. The highest BCUT2D eigenvalue weighted by Crippen LogP contribution is 2.43. The molecule has 164 valence electrons. The van der Waals surface area contributed by atoms with Gasteiger partial charge in [0.05, 0.1) is 30.3 Å². The molecule has 1 aromatic carbocycles. The van der Waals surface area contributed by atoms with Crippen molar-refractivity contribution >= 4 is 44.5 Å². The number of carbonyl (C=O) groups excluding carboxylic acids is 2. The zero-order chi connectivity index (χ0) is 22.1. The fourth-order valence-corrected chi connectivity index (χ4v) is 7.21. The summed E-state index contributed by atoms with van der Waals surface area (Å²) in [5.74, 6) is -0.00940. The maximum Gasteiger partial charge on any atom is 0.408 e. The van der Waals surface area contributed by atoms with Crippen molar-refractivity contribution in [1.82, 2.24) is 5.32 Å². The van der Waals surface area contributed by atoms with Crippen LogP contribution in [0.1, 0.15) is 20.8 Å². The van der Waals surface area contributed by atoms with E-state index in [4.69, 9.17) is 9.47 Å². The first-order chi connectivity index (χ1) is 14.0. The summed E-state index contributed by atoms with van der Waals surface area (Å²) in [5, 5.41) is 2.55. The summed E-state index contributed by atoms with van der Waals surface area (Å²) in [7, 11) is -1.65. The number of anilines is 1. The van der Waals surface area contributed by atoms with Crippen LogP contribution in [0, 0.1) is 0 Å². The Kier molecular flexibility index (Phi) is 6.32. The van der Waals surface area contributed by atoms with E-state index in [1.54, 1.807) is 43.9 Å². The van der Waals surface area contributed by atoms with Crippen LogP contribution in [0.3, 0.4) is 0 Å². The number of aliphatic imine (C=N–C) groups is 1. The van der Waals surface area contributed by atoms with Gasteiger partial charge in [0.25, 0.3) is 5.91 Å². The minimum absolute atomic E-state index is 0.0217. The van der Waals surface area contributed by atoms with Gasteiger partial charge >= 0.3 is 6.09 Å². The molecule has 0 spiro atoms. The predicted octanol–water partition coefficient (Wildman–Crippen LogP) is 1.82. The Morgan fingerprint density at radius 3 is 2.63 bits per heavy atom. The molecule has 2 aliphatic rings. The lowest BCUT2D eigenvalue weighted by Crippen LogP contribution is -2.39. The lowest BCUT2D eigenvalue weighted by molar-refractivity contribution is -0.117. The first-order valence-corrected chi connectivity index (χ1v) is 12.1. The van der Waals surface area contributed by atoms with Gasteiger partial charge in [-0.05, 0) is 32.9 Å². The fraction of sp³-hybridized carbons (Fsp3) is 0.526. The number of thioether (sulfide) groups is 1. The second-order valence-electron chi connectivity index (χ2n) is 7.99. The van der Waals surface area contributed by atoms with Gasteiger partial charge < -0.3 is 19.7 Å². The monoisotopic (exact) mass is 455 g/mol. The zero-order valence-corrected chi connectivity index (χ0v) is 18.9. The molecule has 3 rings (SSSR count). The molecule has 2 amide bonds. The second kappa shape index (κ2) is 8.46. The summed E-state index contributed by atoms with van der Waals surface area (Å²) in [6.45, 7) is 4.84. The van der Waals surface area contributed by atoms with Gasteiger partial charge in [0, 0.05) is 5.25 Å². The molecule has 2 fully saturated rings. The van der Waals surface area contributed by atoms with Gasteiger partial charge in [-0.25, -0.2) is 13.2 Å². The third-order valence-corrected chi connectivity index (χ3v) is 7.62. The highest BCUT2D eigenvalue weighted by molar-refractivity contribution is 8.16. The van der Waals surface area contributed by atoms with Crippen LogP contribution in [-0.2, 0) is 19.4 Å². The van der Waals surface area contributed by atoms with Crippen LogP contribution in [-0.4, -0.2) is 67.6 Å². The number of benzene rings is 1. The van der Waals surface area contributed by atoms with Crippen molar-refractivity contribution in [2.24, 2.45) is 4.99 Å². The topological polar surface area (TPSA) is 114 Å². The minimum atomic E-state index is -3.17. The number of amidine groups is 1. The largest absolute Gasteiger partial charge is 0.495 e. The Hall–Kier alpha value is -2.27. The molecule has 1 aromatic rings. The molecule has 0 unspecified atom stereocenters. The number of hydrogen-bond donors (Lipinski definition) is 1. The number of methoxy groups -OCH3 is 1. The lowest BCUT2D eigenvalue weighted by Gasteiger charge is -2.26. The Morgan fingerprint density at radius 2 is 1.97 bits per heavy atom. The number of fused-ring (bicyclic) bond motifs is 1. The van der Waals surface area contributed by atoms with Crippen molar-refractivity contribution in [3.05, 3.63) is 24.3 Å². The van der Waals surface area contributed by atoms with Gasteiger partial charge in [0.2, 0.25) is 0 Å². The van der Waals surface area contributed by atoms with Crippen molar-refractivity contribution in [3.8, 4) is 5.75 Å². The first kappa shape index (κ1) is 22.4. The second-order valence-corrected chi connectivity index (χ2v) is 11.3. The van der Waals surface area contributed by atoms with E-state index >= 15 is 0 Å². The average Bonchev–Trinajstić information content (AvgIpc) is 3.09. The highest BCUT2D eigenvalue weighted by atomic mass is 32.2. The zero-order valence-electron chi connectivity index (χ0n) is 17.2. The summed E-state index contributed by atoms with van der Waals surface area (Å²) in [5.41, 5.74) is -0.0343. The number of sulfone groups is 1. The van der Waals surface area contributed by atoms with E-state index in [-0.39, 0.29) is 29.3 Å². The van der Waals surface area contributed by atoms with Gasteiger partial charge in [0.15, 0.2) is 15.0 Å². The first-order valence-electron chi connectivity index (χ1n) is 9.37. The summed E-state index contributed by atoms with van der Waals surface area (Å²) in [6, 6.07) is 6.83. The standard InChI is InChI=1S/C19H25N3O6S2/c1-19(2,3)28-18(24)20-9-16(23)21-17-22(12-7-5-6-8-14(12)27-4)13-10-30(25,26)11-15(13)29-17/h5-8,13,15H,9-11H2,1-4H3,(H,20,24)/t13-,15-/m0/s1. The van der Waals surface area contributed by atoms with Crippen LogP contribution in [0.4, 0.5) is 10.5 Å². The fourth-order valence-electron chi connectivity index (χ4n) is 3.28. The van der Waals surface area contributed by atoms with Crippen LogP contribution in [0.2, 0.25) is 0 Å². The molecule has 2 heterocycles. The molecule has 0 bridgehead atoms. The molecular weight excluding hydrogens is 430 g/mol. The third-order valence-electron chi connectivity index (χ3n) is 4.41. The van der Waals surface area contributed by atoms with Crippen LogP contribution in [0.5, 0.6) is 5.75 Å². The van der Waals surface area contributed by atoms with Gasteiger partial charge in [-0.15, -0.1) is 0 Å². The lowest BCUT2D eigenvalue weighted by atomic mass is 10.2. The molecule has 11 heteroatoms. The third kappa shape index (κ3) is 5.25. The van der Waals surface area contributed by atoms with Crippen LogP contribution in [0.25, 0.3) is 0 Å². The summed E-state index contributed by atoms with van der Waals surface area (Å²) in [4.78, 5) is 30.1. The van der Waals surface area contributed by atoms with Crippen molar-refractivity contribution in [2.45, 2.75) is 37.7 Å². The Balaban J connectivity index is 1.82. The smallest absolute Gasteiger partial charge is 0.408 e. The van der Waals surface area contributed by atoms with E-state index < -0.39 is 27.4 Å². The minimum Gasteiger partial charge on any atom is -0.495 e. The Bertz CT molecular complexity index is 971. The molecule has 30 heavy (non-hydrogen) atoms. The summed E-state index contributed by atoms with van der Waals surface area (Å²) >= 11 is 1.25. The van der Waals surface area contributed by atoms with Crippen molar-refractivity contribution in [3.63, 3.8) is 0 Å². The molecule has 2 saturated heterocycles. The molecule has 2 aliphatic heterocycles. The molecular formula is C19H25N3O6S2. The number of alkyl carbamates (subject to hydrolysis) is 1. The molecule has 2 atom stereocenters.